The molecule has 2 aliphatic rings. The van der Waals surface area contributed by atoms with Gasteiger partial charge in [-0.15, -0.1) is 0 Å². The van der Waals surface area contributed by atoms with Crippen molar-refractivity contribution in [3.05, 3.63) is 83.8 Å². The number of fused-ring (bicyclic) bond motifs is 2. The number of para-hydroxylation sites is 1. The Labute approximate surface area is 718 Å². The van der Waals surface area contributed by atoms with Gasteiger partial charge in [0.1, 0.15) is 60.6 Å². The second-order valence-electron chi connectivity index (χ2n) is 31.2. The highest BCUT2D eigenvalue weighted by molar-refractivity contribution is 6.00. The van der Waals surface area contributed by atoms with Crippen LogP contribution in [0.3, 0.4) is 0 Å². The summed E-state index contributed by atoms with van der Waals surface area (Å²) in [5.41, 5.74) is 33.8. The summed E-state index contributed by atoms with van der Waals surface area (Å²) in [6.07, 6.45) is 19.1. The van der Waals surface area contributed by atoms with Crippen molar-refractivity contribution in [2.24, 2.45) is 33.7 Å². The summed E-state index contributed by atoms with van der Waals surface area (Å²) in [6, 6.07) is 2.34. The molecule has 39 heteroatoms. The molecule has 3 heterocycles. The molecular formula is C84H136N21O18+. The van der Waals surface area contributed by atoms with Crippen LogP contribution in [0.15, 0.2) is 77.7 Å². The number of nitrogens with zero attached hydrogens (tertiary/aromatic N) is 2. The van der Waals surface area contributed by atoms with Gasteiger partial charge in [-0.2, -0.15) is 0 Å². The van der Waals surface area contributed by atoms with Crippen LogP contribution in [0.4, 0.5) is 0 Å². The lowest BCUT2D eigenvalue weighted by molar-refractivity contribution is -0.276. The van der Waals surface area contributed by atoms with E-state index in [1.165, 1.54) is 75.8 Å². The number of hydrogen-bond acceptors (Lipinski definition) is 21. The molecule has 2 aliphatic heterocycles. The van der Waals surface area contributed by atoms with E-state index in [0.717, 1.165) is 36.6 Å². The second kappa shape index (κ2) is 58.0. The van der Waals surface area contributed by atoms with Crippen LogP contribution in [0.1, 0.15) is 212 Å². The van der Waals surface area contributed by atoms with Gasteiger partial charge in [0.2, 0.25) is 82.7 Å². The number of aliphatic imine (C=N–C) groups is 1. The monoisotopic (exact) mass is 1730 g/mol. The lowest BCUT2D eigenvalue weighted by atomic mass is 10.0. The molecular weight excluding hydrogens is 1590 g/mol. The molecule has 0 unspecified atom stereocenters. The van der Waals surface area contributed by atoms with Crippen molar-refractivity contribution in [1.82, 2.24) is 73.7 Å². The van der Waals surface area contributed by atoms with Crippen molar-refractivity contribution < 1.29 is 93.0 Å². The van der Waals surface area contributed by atoms with Crippen LogP contribution in [-0.4, -0.2) is 239 Å². The van der Waals surface area contributed by atoms with Crippen molar-refractivity contribution in [2.45, 2.75) is 286 Å². The first-order chi connectivity index (χ1) is 58.9. The van der Waals surface area contributed by atoms with E-state index in [9.17, 15) is 87.2 Å². The van der Waals surface area contributed by atoms with Gasteiger partial charge in [-0.1, -0.05) is 152 Å². The number of nitrogens with two attached hydrogens (primary N) is 5. The maximum atomic E-state index is 14.4. The molecule has 29 N–H and O–H groups in total. The lowest BCUT2D eigenvalue weighted by Gasteiger charge is -2.30. The van der Waals surface area contributed by atoms with E-state index >= 15 is 0 Å². The Bertz CT molecular complexity index is 3950. The Morgan fingerprint density at radius 2 is 1.15 bits per heavy atom. The number of aliphatic hydroxyl groups is 3. The number of carbonyl (C=O) groups excluding carboxylic acids is 15. The van der Waals surface area contributed by atoms with Crippen LogP contribution < -0.4 is 98.2 Å². The molecule has 0 saturated carbocycles. The normalized spacial score (nSPS) is 19.6. The van der Waals surface area contributed by atoms with E-state index in [0.29, 0.717) is 43.2 Å². The maximum Gasteiger partial charge on any atom is 0.245 e. The zero-order valence-electron chi connectivity index (χ0n) is 71.7. The molecule has 1 aromatic heterocycles. The molecule has 12 atom stereocenters. The minimum absolute atomic E-state index is 0.00470. The average molecular weight is 1730 g/mol. The number of benzene rings is 2. The number of aromatic amines is 1. The van der Waals surface area contributed by atoms with Gasteiger partial charge in [0.25, 0.3) is 0 Å². The van der Waals surface area contributed by atoms with Gasteiger partial charge in [0.15, 0.2) is 11.7 Å². The molecule has 123 heavy (non-hydrogen) atoms. The maximum absolute atomic E-state index is 14.4. The number of amides is 14. The van der Waals surface area contributed by atoms with E-state index in [2.05, 4.69) is 86.4 Å². The molecule has 684 valence electrons. The van der Waals surface area contributed by atoms with Crippen LogP contribution in [0.2, 0.25) is 0 Å². The van der Waals surface area contributed by atoms with Gasteiger partial charge < -0.3 is 123 Å². The van der Waals surface area contributed by atoms with E-state index in [4.69, 9.17) is 28.7 Å². The summed E-state index contributed by atoms with van der Waals surface area (Å²) in [5, 5.41) is 62.5. The summed E-state index contributed by atoms with van der Waals surface area (Å²) in [4.78, 5) is 207. The standard InChI is InChI=1S/C43H60N12O8.C41H75N9O10/c1-47-32-16-17-36(57)48-18-8-7-14-30(37(44)58)51-40(61)34(21-26-23-50-29-13-6-5-12-28(26)29)53-38(59)31(15-9-19-49-43(45)46)52-39(60)33(20-25-10-3-2-4-11-25)54-41(62)35-22-27(56)24-55(35)42(32)63;1-4-6-8-9-10-11-12-13-14-15-16-17-18-20-36(55)45-25-37(56)46-33(26-51)40(59)48-31(21-22-35(44)54)38(57)49-32(23-29(43)24-42)39(58)50-34(27-52)41(60)47-30(28(3)53)19-7-5-2/h2-6,10-13,23,27,30-35,47,50,56H,7-9,14-22,24H2,1H3,(H2,44,58)(H,48,57)(H,51,61)(H,52,60)(H,53,59)(H,54,62)(H4,45,46,49);24,30-34,51-52H,4-23,25-27,42-43H2,1-3H3,(H2,44,54)(H,45,55)(H,46,56)(H,47,60)(H,48,59)(H,49,57)(H,50,58)/p+1/b;29-24-/t27-,30+,31+,32+,33-,34+,35+;30-,31+,32-,33-,34-/m10/s1. The first-order valence-corrected chi connectivity index (χ1v) is 43.0. The van der Waals surface area contributed by atoms with Gasteiger partial charge in [-0.3, -0.25) is 76.9 Å². The number of quaternary nitrogens is 1. The number of H-pyrrole nitrogens is 1. The second-order valence-corrected chi connectivity index (χ2v) is 31.2. The molecule has 0 radical (unpaired) electrons. The number of primary amides is 2. The number of Topliss-reactive ketones (excluding diaryl/α,β-unsaturated/α-hetero) is 1. The molecule has 2 fully saturated rings. The third kappa shape index (κ3) is 39.7. The van der Waals surface area contributed by atoms with Gasteiger partial charge >= 0.3 is 0 Å². The molecule has 0 aliphatic carbocycles. The van der Waals surface area contributed by atoms with E-state index in [-0.39, 0.29) is 126 Å². The van der Waals surface area contributed by atoms with Gasteiger partial charge in [0, 0.05) is 81.7 Å². The summed E-state index contributed by atoms with van der Waals surface area (Å²) in [7, 11) is 1.55. The van der Waals surface area contributed by atoms with Crippen molar-refractivity contribution >= 4 is 105 Å². The minimum atomic E-state index is -1.57. The zero-order chi connectivity index (χ0) is 90.8. The first kappa shape index (κ1) is 104. The molecule has 39 nitrogen and oxygen atoms in total. The number of rotatable bonds is 46. The van der Waals surface area contributed by atoms with Crippen molar-refractivity contribution in [3.63, 3.8) is 0 Å². The summed E-state index contributed by atoms with van der Waals surface area (Å²) in [6.45, 7) is 3.43. The van der Waals surface area contributed by atoms with Crippen LogP contribution in [0, 0.1) is 0 Å². The molecule has 2 aromatic carbocycles. The largest absolute Gasteiger partial charge is 0.398 e. The molecule has 3 aromatic rings. The van der Waals surface area contributed by atoms with E-state index in [1.54, 1.807) is 43.6 Å². The number of likely N-dealkylation sites (N-methyl/N-ethyl adjacent to an activating group) is 1. The predicted octanol–water partition coefficient (Wildman–Crippen LogP) is -2.47. The van der Waals surface area contributed by atoms with Crippen LogP contribution in [0.5, 0.6) is 0 Å². The lowest BCUT2D eigenvalue weighted by Crippen LogP contribution is -2.60. The Morgan fingerprint density at radius 3 is 1.76 bits per heavy atom. The van der Waals surface area contributed by atoms with Crippen molar-refractivity contribution in [2.75, 3.05) is 46.4 Å². The fourth-order valence-electron chi connectivity index (χ4n) is 14.1. The summed E-state index contributed by atoms with van der Waals surface area (Å²) >= 11 is 0. The van der Waals surface area contributed by atoms with Crippen molar-refractivity contribution in [3.8, 4) is 0 Å². The number of aliphatic hydroxyl groups excluding tert-OH is 3. The third-order valence-electron chi connectivity index (χ3n) is 21.2. The van der Waals surface area contributed by atoms with E-state index < -0.39 is 163 Å². The van der Waals surface area contributed by atoms with Crippen molar-refractivity contribution in [1.29, 1.82) is 0 Å². The van der Waals surface area contributed by atoms with Gasteiger partial charge in [-0.25, -0.2) is 0 Å². The topological polar surface area (TPSA) is 650 Å². The minimum Gasteiger partial charge on any atom is -0.398 e. The van der Waals surface area contributed by atoms with Crippen LogP contribution in [0.25, 0.3) is 10.9 Å². The molecule has 2 saturated heterocycles. The quantitative estimate of drug-likeness (QED) is 0.0158. The SMILES string of the molecule is CCCCCCCCCCCCCCCC(=O)NCC(=O)N[C@@H](CO)C(=O)N[C@H](CCC(N)=O)C(=O)N[C@@H](C/C(N)=C/[NH3+])C(=O)N[C@@H](CO)C(=O)N[C@@H](CCCC)C(C)=O.CN[C@H]1CCC(=O)NCCCC[C@@H](C(N)=O)NC(=O)[C@H](Cc2c[nH]c3ccccc23)NC(=O)[C@H](CCCN=C(N)N)NC(=O)[C@@H](Cc2ccccc2)NC(=O)[C@@H]2C[C@@H](O)CN2C1=O. The highest BCUT2D eigenvalue weighted by Gasteiger charge is 2.43. The van der Waals surface area contributed by atoms with Gasteiger partial charge in [0.05, 0.1) is 43.6 Å². The number of carbonyl (C=O) groups is 15. The number of ketones is 1. The third-order valence-corrected chi connectivity index (χ3v) is 21.2. The zero-order valence-corrected chi connectivity index (χ0v) is 71.7. The summed E-state index contributed by atoms with van der Waals surface area (Å²) in [5.74, 6) is -10.8. The fourth-order valence-corrected chi connectivity index (χ4v) is 14.1. The van der Waals surface area contributed by atoms with Crippen LogP contribution in [-0.2, 0) is 84.8 Å². The average Bonchev–Trinajstić information content (AvgIpc) is 1.71. The Balaban J connectivity index is 0.000000517. The number of hydrogen-bond donors (Lipinski definition) is 22. The molecule has 14 amide bonds. The predicted molar refractivity (Wildman–Crippen MR) is 460 cm³/mol. The number of unbranched alkanes of at least 4 members (excludes halogenated alkanes) is 13. The van der Waals surface area contributed by atoms with E-state index in [1.807, 2.05) is 31.2 Å². The Hall–Kier alpha value is -11.2. The highest BCUT2D eigenvalue weighted by atomic mass is 16.3. The molecule has 0 bridgehead atoms. The Morgan fingerprint density at radius 1 is 0.602 bits per heavy atom. The highest BCUT2D eigenvalue weighted by Crippen LogP contribution is 2.24. The van der Waals surface area contributed by atoms with Gasteiger partial charge in [-0.05, 0) is 89.0 Å². The molecule has 0 spiro atoms. The summed E-state index contributed by atoms with van der Waals surface area (Å²) < 4.78 is 0. The van der Waals surface area contributed by atoms with Crippen LogP contribution >= 0.6 is 0 Å². The number of nitrogens with one attached hydrogen (secondary N) is 13. The number of aromatic nitrogens is 1. The number of guanidine groups is 1. The fraction of sp³-hybridized carbons (Fsp3) is 0.619. The first-order valence-electron chi connectivity index (χ1n) is 43.0. The smallest absolute Gasteiger partial charge is 0.245 e. The Kier molecular flexibility index (Phi) is 49.1. The molecule has 5 rings (SSSR count).